The first kappa shape index (κ1) is 21.0. The highest BCUT2D eigenvalue weighted by atomic mass is 35.5. The van der Waals surface area contributed by atoms with Crippen LogP contribution in [0.3, 0.4) is 0 Å². The molecule has 0 spiro atoms. The summed E-state index contributed by atoms with van der Waals surface area (Å²) in [5, 5.41) is 13.0. The maximum Gasteiger partial charge on any atom is 0.271 e. The lowest BCUT2D eigenvalue weighted by molar-refractivity contribution is 0.0947. The number of unbranched alkanes of at least 4 members (excludes halogenated alkanes) is 1. The molecule has 0 bridgehead atoms. The van der Waals surface area contributed by atoms with Gasteiger partial charge in [0, 0.05) is 17.1 Å². The van der Waals surface area contributed by atoms with Gasteiger partial charge in [-0.25, -0.2) is 18.2 Å². The van der Waals surface area contributed by atoms with Crippen molar-refractivity contribution in [3.8, 4) is 16.9 Å². The summed E-state index contributed by atoms with van der Waals surface area (Å²) >= 11 is 5.99. The van der Waals surface area contributed by atoms with E-state index in [0.717, 1.165) is 18.4 Å². The maximum atomic E-state index is 12.5. The van der Waals surface area contributed by atoms with E-state index in [-0.39, 0.29) is 16.5 Å². The minimum atomic E-state index is -3.80. The van der Waals surface area contributed by atoms with Crippen molar-refractivity contribution < 1.29 is 13.2 Å². The number of primary sulfonamides is 1. The van der Waals surface area contributed by atoms with E-state index in [0.29, 0.717) is 22.9 Å². The monoisotopic (exact) mass is 432 g/mol. The Morgan fingerprint density at radius 3 is 2.38 bits per heavy atom. The number of aromatic nitrogens is 2. The Balaban J connectivity index is 2.04. The van der Waals surface area contributed by atoms with Gasteiger partial charge in [0.2, 0.25) is 10.0 Å². The van der Waals surface area contributed by atoms with Gasteiger partial charge in [0.15, 0.2) is 5.69 Å². The summed E-state index contributed by atoms with van der Waals surface area (Å²) in [4.78, 5) is 12.5. The Labute approximate surface area is 174 Å². The van der Waals surface area contributed by atoms with E-state index >= 15 is 0 Å². The molecule has 0 atom stereocenters. The molecule has 29 heavy (non-hydrogen) atoms. The largest absolute Gasteiger partial charge is 0.351 e. The van der Waals surface area contributed by atoms with Gasteiger partial charge in [-0.05, 0) is 48.9 Å². The Hall–Kier alpha value is -2.68. The van der Waals surface area contributed by atoms with Gasteiger partial charge in [-0.3, -0.25) is 4.79 Å². The number of amides is 1. The lowest BCUT2D eigenvalue weighted by Crippen LogP contribution is -2.24. The third-order valence-corrected chi connectivity index (χ3v) is 5.49. The summed E-state index contributed by atoms with van der Waals surface area (Å²) in [5.74, 6) is -0.270. The molecular formula is C20H21ClN4O3S. The van der Waals surface area contributed by atoms with Crippen LogP contribution in [0.15, 0.2) is 59.5 Å². The molecule has 0 radical (unpaired) electrons. The first-order valence-electron chi connectivity index (χ1n) is 9.07. The second-order valence-corrected chi connectivity index (χ2v) is 8.48. The number of carbonyl (C=O) groups excluding carboxylic acids is 1. The van der Waals surface area contributed by atoms with Crippen LogP contribution < -0.4 is 10.5 Å². The number of hydrogen-bond acceptors (Lipinski definition) is 4. The van der Waals surface area contributed by atoms with Crippen LogP contribution in [0.25, 0.3) is 16.9 Å². The smallest absolute Gasteiger partial charge is 0.271 e. The predicted molar refractivity (Wildman–Crippen MR) is 113 cm³/mol. The zero-order chi connectivity index (χ0) is 21.0. The molecule has 7 nitrogen and oxygen atoms in total. The fourth-order valence-electron chi connectivity index (χ4n) is 2.76. The van der Waals surface area contributed by atoms with Gasteiger partial charge < -0.3 is 5.32 Å². The summed E-state index contributed by atoms with van der Waals surface area (Å²) in [6.45, 7) is 2.62. The van der Waals surface area contributed by atoms with E-state index in [4.69, 9.17) is 16.7 Å². The first-order valence-corrected chi connectivity index (χ1v) is 11.0. The molecule has 1 aromatic heterocycles. The zero-order valence-electron chi connectivity index (χ0n) is 15.8. The molecule has 3 rings (SSSR count). The van der Waals surface area contributed by atoms with Crippen LogP contribution >= 0.6 is 11.6 Å². The molecule has 0 unspecified atom stereocenters. The average molecular weight is 433 g/mol. The molecule has 0 aliphatic carbocycles. The molecule has 3 N–H and O–H groups in total. The molecular weight excluding hydrogens is 412 g/mol. The zero-order valence-corrected chi connectivity index (χ0v) is 17.4. The summed E-state index contributed by atoms with van der Waals surface area (Å²) in [7, 11) is -3.80. The minimum absolute atomic E-state index is 0.000943. The van der Waals surface area contributed by atoms with Crippen LogP contribution in [-0.4, -0.2) is 30.7 Å². The third-order valence-electron chi connectivity index (χ3n) is 4.31. The number of benzene rings is 2. The first-order chi connectivity index (χ1) is 13.8. The van der Waals surface area contributed by atoms with E-state index in [1.165, 1.54) is 12.1 Å². The number of carbonyl (C=O) groups is 1. The molecule has 152 valence electrons. The Bertz CT molecular complexity index is 1110. The summed E-state index contributed by atoms with van der Waals surface area (Å²) < 4.78 is 24.6. The standard InChI is InChI=1S/C20H21ClN4O3S/c1-2-3-12-23-20(26)18-13-19(14-4-6-15(21)7-5-14)25(24-18)16-8-10-17(11-9-16)29(22,27)28/h4-11,13H,2-3,12H2,1H3,(H,23,26)(H2,22,27,28). The molecule has 0 saturated carbocycles. The van der Waals surface area contributed by atoms with E-state index in [1.807, 2.05) is 19.1 Å². The number of hydrogen-bond donors (Lipinski definition) is 2. The van der Waals surface area contributed by atoms with Crippen LogP contribution in [0.1, 0.15) is 30.3 Å². The average Bonchev–Trinajstić information content (AvgIpc) is 3.13. The van der Waals surface area contributed by atoms with Gasteiger partial charge in [0.1, 0.15) is 0 Å². The number of sulfonamides is 1. The van der Waals surface area contributed by atoms with Crippen LogP contribution in [-0.2, 0) is 10.0 Å². The van der Waals surface area contributed by atoms with Crippen LogP contribution in [0.4, 0.5) is 0 Å². The van der Waals surface area contributed by atoms with Crippen LogP contribution in [0, 0.1) is 0 Å². The van der Waals surface area contributed by atoms with Crippen molar-refractivity contribution in [2.75, 3.05) is 6.54 Å². The molecule has 0 aliphatic heterocycles. The highest BCUT2D eigenvalue weighted by Crippen LogP contribution is 2.26. The van der Waals surface area contributed by atoms with E-state index in [2.05, 4.69) is 10.4 Å². The number of nitrogens with two attached hydrogens (primary N) is 1. The van der Waals surface area contributed by atoms with E-state index in [1.54, 1.807) is 35.0 Å². The van der Waals surface area contributed by atoms with Crippen molar-refractivity contribution in [1.29, 1.82) is 0 Å². The molecule has 9 heteroatoms. The summed E-state index contributed by atoms with van der Waals surface area (Å²) in [6.07, 6.45) is 1.85. The SMILES string of the molecule is CCCCNC(=O)c1cc(-c2ccc(Cl)cc2)n(-c2ccc(S(N)(=O)=O)cc2)n1. The Morgan fingerprint density at radius 2 is 1.79 bits per heavy atom. The van der Waals surface area contributed by atoms with Crippen LogP contribution in [0.5, 0.6) is 0 Å². The minimum Gasteiger partial charge on any atom is -0.351 e. The van der Waals surface area contributed by atoms with Gasteiger partial charge in [-0.2, -0.15) is 5.10 Å². The fourth-order valence-corrected chi connectivity index (χ4v) is 3.40. The summed E-state index contributed by atoms with van der Waals surface area (Å²) in [5.41, 5.74) is 2.34. The topological polar surface area (TPSA) is 107 Å². The normalized spacial score (nSPS) is 11.4. The Kier molecular flexibility index (Phi) is 6.36. The molecule has 3 aromatic rings. The van der Waals surface area contributed by atoms with Crippen molar-refractivity contribution in [1.82, 2.24) is 15.1 Å². The highest BCUT2D eigenvalue weighted by molar-refractivity contribution is 7.89. The van der Waals surface area contributed by atoms with Gasteiger partial charge in [0.05, 0.1) is 16.3 Å². The highest BCUT2D eigenvalue weighted by Gasteiger charge is 2.17. The van der Waals surface area contributed by atoms with Crippen molar-refractivity contribution in [3.63, 3.8) is 0 Å². The van der Waals surface area contributed by atoms with Crippen molar-refractivity contribution in [2.45, 2.75) is 24.7 Å². The molecule has 0 saturated heterocycles. The predicted octanol–water partition coefficient (Wildman–Crippen LogP) is 3.37. The number of rotatable bonds is 7. The molecule has 0 aliphatic rings. The lowest BCUT2D eigenvalue weighted by Gasteiger charge is -2.08. The van der Waals surface area contributed by atoms with Gasteiger partial charge in [-0.1, -0.05) is 37.1 Å². The fraction of sp³-hybridized carbons (Fsp3) is 0.200. The van der Waals surface area contributed by atoms with Crippen molar-refractivity contribution in [3.05, 3.63) is 65.3 Å². The second kappa shape index (κ2) is 8.77. The molecule has 1 heterocycles. The Morgan fingerprint density at radius 1 is 1.14 bits per heavy atom. The number of nitrogens with zero attached hydrogens (tertiary/aromatic N) is 2. The number of halogens is 1. The van der Waals surface area contributed by atoms with E-state index < -0.39 is 10.0 Å². The maximum absolute atomic E-state index is 12.5. The van der Waals surface area contributed by atoms with Gasteiger partial charge in [-0.15, -0.1) is 0 Å². The second-order valence-electron chi connectivity index (χ2n) is 6.48. The summed E-state index contributed by atoms with van der Waals surface area (Å²) in [6, 6.07) is 14.8. The van der Waals surface area contributed by atoms with Gasteiger partial charge >= 0.3 is 0 Å². The quantitative estimate of drug-likeness (QED) is 0.558. The van der Waals surface area contributed by atoms with E-state index in [9.17, 15) is 13.2 Å². The van der Waals surface area contributed by atoms with Gasteiger partial charge in [0.25, 0.3) is 5.91 Å². The molecule has 1 amide bonds. The molecule has 2 aromatic carbocycles. The molecule has 0 fully saturated rings. The number of nitrogens with one attached hydrogen (secondary N) is 1. The van der Waals surface area contributed by atoms with Crippen molar-refractivity contribution in [2.24, 2.45) is 5.14 Å². The third kappa shape index (κ3) is 5.03. The van der Waals surface area contributed by atoms with Crippen LogP contribution in [0.2, 0.25) is 5.02 Å². The van der Waals surface area contributed by atoms with Crippen molar-refractivity contribution >= 4 is 27.5 Å². The lowest BCUT2D eigenvalue weighted by atomic mass is 10.1.